The summed E-state index contributed by atoms with van der Waals surface area (Å²) in [4.78, 5) is 31.3. The average Bonchev–Trinajstić information content (AvgIpc) is 3.08. The molecule has 0 aliphatic rings. The van der Waals surface area contributed by atoms with Gasteiger partial charge in [0.2, 0.25) is 0 Å². The number of rotatable bonds is 6. The lowest BCUT2D eigenvalue weighted by Crippen LogP contribution is -2.12. The number of aromatic nitrogens is 2. The Kier molecular flexibility index (Phi) is 5.24. The topological polar surface area (TPSA) is 118 Å². The highest BCUT2D eigenvalue weighted by molar-refractivity contribution is 8.00. The van der Waals surface area contributed by atoms with Gasteiger partial charge in [-0.1, -0.05) is 42.1 Å². The number of ether oxygens (including phenoxy) is 1. The first kappa shape index (κ1) is 18.0. The largest absolute Gasteiger partial charge is 0.468 e. The second kappa shape index (κ2) is 7.59. The number of benzene rings is 2. The van der Waals surface area contributed by atoms with E-state index in [-0.39, 0.29) is 6.61 Å². The number of amides is 1. The number of aromatic amines is 1. The Hall–Kier alpha value is -2.84. The van der Waals surface area contributed by atoms with E-state index in [9.17, 15) is 9.59 Å². The number of esters is 1. The molecule has 7 nitrogen and oxygen atoms in total. The summed E-state index contributed by atoms with van der Waals surface area (Å²) in [6.45, 7) is -0.0736. The Bertz CT molecular complexity index is 953. The number of aliphatic hydroxyl groups is 1. The molecule has 1 amide bonds. The Balaban J connectivity index is 1.96. The Labute approximate surface area is 153 Å². The van der Waals surface area contributed by atoms with Crippen LogP contribution in [0, 0.1) is 0 Å². The van der Waals surface area contributed by atoms with Gasteiger partial charge in [-0.25, -0.2) is 4.98 Å². The fraction of sp³-hybridized carbons (Fsp3) is 0.167. The van der Waals surface area contributed by atoms with Crippen molar-refractivity contribution in [3.63, 3.8) is 0 Å². The molecule has 0 aliphatic heterocycles. The van der Waals surface area contributed by atoms with E-state index in [0.29, 0.717) is 21.8 Å². The number of carbonyl (C=O) groups excluding carboxylic acids is 2. The van der Waals surface area contributed by atoms with Crippen molar-refractivity contribution in [1.29, 1.82) is 0 Å². The lowest BCUT2D eigenvalue weighted by molar-refractivity contribution is -0.140. The number of methoxy groups -OCH3 is 1. The number of fused-ring (bicyclic) bond motifs is 1. The Morgan fingerprint density at radius 3 is 2.62 bits per heavy atom. The molecule has 0 aliphatic carbocycles. The summed E-state index contributed by atoms with van der Waals surface area (Å²) in [5.74, 6) is -0.995. The molecule has 4 N–H and O–H groups in total. The van der Waals surface area contributed by atoms with E-state index < -0.39 is 17.1 Å². The molecule has 3 rings (SSSR count). The van der Waals surface area contributed by atoms with Crippen LogP contribution in [0.2, 0.25) is 0 Å². The third-order valence-electron chi connectivity index (χ3n) is 3.87. The van der Waals surface area contributed by atoms with E-state index in [2.05, 4.69) is 9.97 Å². The zero-order chi connectivity index (χ0) is 18.7. The van der Waals surface area contributed by atoms with E-state index in [4.69, 9.17) is 15.6 Å². The molecular formula is C18H17N3O4S. The predicted molar refractivity (Wildman–Crippen MR) is 97.6 cm³/mol. The predicted octanol–water partition coefficient (Wildman–Crippen LogP) is 2.16. The first-order chi connectivity index (χ1) is 12.5. The van der Waals surface area contributed by atoms with Crippen molar-refractivity contribution in [2.24, 2.45) is 5.73 Å². The lowest BCUT2D eigenvalue weighted by Gasteiger charge is -2.13. The third-order valence-corrected chi connectivity index (χ3v) is 4.98. The van der Waals surface area contributed by atoms with Crippen LogP contribution in [-0.2, 0) is 16.1 Å². The number of nitrogens with two attached hydrogens (primary N) is 1. The number of primary amides is 1. The molecule has 1 aromatic heterocycles. The third kappa shape index (κ3) is 3.56. The van der Waals surface area contributed by atoms with Crippen LogP contribution in [0.5, 0.6) is 0 Å². The number of carbonyl (C=O) groups is 2. The van der Waals surface area contributed by atoms with E-state index in [0.717, 1.165) is 11.1 Å². The fourth-order valence-corrected chi connectivity index (χ4v) is 3.55. The number of imidazole rings is 1. The molecule has 0 bridgehead atoms. The van der Waals surface area contributed by atoms with Crippen molar-refractivity contribution in [1.82, 2.24) is 9.97 Å². The van der Waals surface area contributed by atoms with Crippen molar-refractivity contribution in [2.75, 3.05) is 7.11 Å². The van der Waals surface area contributed by atoms with Gasteiger partial charge >= 0.3 is 5.97 Å². The number of nitrogens with one attached hydrogen (secondary N) is 1. The Morgan fingerprint density at radius 2 is 2.00 bits per heavy atom. The second-order valence-electron chi connectivity index (χ2n) is 5.53. The van der Waals surface area contributed by atoms with E-state index in [1.807, 2.05) is 0 Å². The zero-order valence-corrected chi connectivity index (χ0v) is 14.7. The van der Waals surface area contributed by atoms with E-state index in [1.165, 1.54) is 18.9 Å². The molecule has 0 saturated carbocycles. The van der Waals surface area contributed by atoms with Crippen LogP contribution in [0.15, 0.2) is 47.6 Å². The van der Waals surface area contributed by atoms with Crippen LogP contribution in [-0.4, -0.2) is 34.1 Å². The fourth-order valence-electron chi connectivity index (χ4n) is 2.53. The minimum absolute atomic E-state index is 0.0736. The molecule has 8 heteroatoms. The minimum atomic E-state index is -0.648. The molecule has 1 unspecified atom stereocenters. The van der Waals surface area contributed by atoms with Gasteiger partial charge in [-0.3, -0.25) is 9.59 Å². The van der Waals surface area contributed by atoms with Crippen molar-refractivity contribution < 1.29 is 19.4 Å². The van der Waals surface area contributed by atoms with Gasteiger partial charge in [0, 0.05) is 0 Å². The summed E-state index contributed by atoms with van der Waals surface area (Å²) in [5.41, 5.74) is 8.28. The van der Waals surface area contributed by atoms with Crippen LogP contribution >= 0.6 is 11.8 Å². The summed E-state index contributed by atoms with van der Waals surface area (Å²) in [5, 5.41) is 8.98. The van der Waals surface area contributed by atoms with Crippen LogP contribution in [0.3, 0.4) is 0 Å². The zero-order valence-electron chi connectivity index (χ0n) is 13.9. The quantitative estimate of drug-likeness (QED) is 0.451. The first-order valence-corrected chi connectivity index (χ1v) is 8.64. The van der Waals surface area contributed by atoms with Crippen molar-refractivity contribution in [3.8, 4) is 0 Å². The van der Waals surface area contributed by atoms with Crippen LogP contribution in [0.4, 0.5) is 0 Å². The number of para-hydroxylation sites is 1. The van der Waals surface area contributed by atoms with Gasteiger partial charge in [0.25, 0.3) is 5.91 Å². The lowest BCUT2D eigenvalue weighted by atomic mass is 10.1. The number of nitrogens with zero attached hydrogens (tertiary/aromatic N) is 1. The molecule has 1 atom stereocenters. The summed E-state index contributed by atoms with van der Waals surface area (Å²) >= 11 is 1.18. The van der Waals surface area contributed by atoms with E-state index >= 15 is 0 Å². The Morgan fingerprint density at radius 1 is 1.27 bits per heavy atom. The summed E-state index contributed by atoms with van der Waals surface area (Å²) in [6, 6.07) is 12.1. The number of hydrogen-bond acceptors (Lipinski definition) is 6. The van der Waals surface area contributed by atoms with Crippen molar-refractivity contribution in [3.05, 3.63) is 59.2 Å². The van der Waals surface area contributed by atoms with Crippen LogP contribution in [0.25, 0.3) is 11.0 Å². The second-order valence-corrected chi connectivity index (χ2v) is 6.62. The molecule has 2 aromatic carbocycles. The monoisotopic (exact) mass is 371 g/mol. The summed E-state index contributed by atoms with van der Waals surface area (Å²) < 4.78 is 4.91. The molecular weight excluding hydrogens is 354 g/mol. The van der Waals surface area contributed by atoms with Gasteiger partial charge in [0.15, 0.2) is 5.16 Å². The van der Waals surface area contributed by atoms with Gasteiger partial charge in [-0.05, 0) is 23.3 Å². The highest BCUT2D eigenvalue weighted by Gasteiger charge is 2.25. The highest BCUT2D eigenvalue weighted by atomic mass is 32.2. The van der Waals surface area contributed by atoms with Gasteiger partial charge in [0.1, 0.15) is 10.8 Å². The molecule has 0 fully saturated rings. The normalized spacial score (nSPS) is 12.1. The van der Waals surface area contributed by atoms with Crippen molar-refractivity contribution >= 4 is 34.7 Å². The molecule has 3 aromatic rings. The van der Waals surface area contributed by atoms with Gasteiger partial charge in [-0.2, -0.15) is 0 Å². The standard InChI is InChI=1S/C18H17N3O4S/c1-25-17(24)15(11-7-5-10(9-22)6-8-11)26-18-20-13-4-2-3-12(16(19)23)14(13)21-18/h2-8,15,22H,9H2,1H3,(H2,19,23)(H,20,21). The van der Waals surface area contributed by atoms with Gasteiger partial charge in [0.05, 0.1) is 24.8 Å². The average molecular weight is 371 g/mol. The highest BCUT2D eigenvalue weighted by Crippen LogP contribution is 2.36. The van der Waals surface area contributed by atoms with E-state index in [1.54, 1.807) is 42.5 Å². The summed E-state index contributed by atoms with van der Waals surface area (Å²) in [7, 11) is 1.32. The smallest absolute Gasteiger partial charge is 0.323 e. The molecule has 134 valence electrons. The molecule has 1 heterocycles. The number of thioether (sulfide) groups is 1. The maximum Gasteiger partial charge on any atom is 0.323 e. The molecule has 0 spiro atoms. The summed E-state index contributed by atoms with van der Waals surface area (Å²) in [6.07, 6.45) is 0. The number of hydrogen-bond donors (Lipinski definition) is 3. The molecule has 0 saturated heterocycles. The first-order valence-electron chi connectivity index (χ1n) is 7.76. The minimum Gasteiger partial charge on any atom is -0.468 e. The maximum absolute atomic E-state index is 12.3. The molecule has 0 radical (unpaired) electrons. The SMILES string of the molecule is COC(=O)C(Sc1nc2c(C(N)=O)cccc2[nH]1)c1ccc(CO)cc1. The number of H-pyrrole nitrogens is 1. The van der Waals surface area contributed by atoms with Crippen LogP contribution in [0.1, 0.15) is 26.7 Å². The van der Waals surface area contributed by atoms with Crippen molar-refractivity contribution in [2.45, 2.75) is 17.0 Å². The number of aliphatic hydroxyl groups excluding tert-OH is 1. The molecule has 26 heavy (non-hydrogen) atoms. The van der Waals surface area contributed by atoms with Gasteiger partial charge in [-0.15, -0.1) is 0 Å². The van der Waals surface area contributed by atoms with Gasteiger partial charge < -0.3 is 20.6 Å². The maximum atomic E-state index is 12.3. The van der Waals surface area contributed by atoms with Crippen LogP contribution < -0.4 is 5.73 Å².